The molecule has 3 rings (SSSR count). The summed E-state index contributed by atoms with van der Waals surface area (Å²) in [6.45, 7) is 1.86. The summed E-state index contributed by atoms with van der Waals surface area (Å²) in [5, 5.41) is 16.8. The number of carboxylic acid groups (broad SMARTS) is 1. The fraction of sp³-hybridized carbons (Fsp3) is 0.158. The number of amides is 1. The van der Waals surface area contributed by atoms with Crippen LogP contribution in [0.1, 0.15) is 32.4 Å². The van der Waals surface area contributed by atoms with E-state index in [4.69, 9.17) is 16.3 Å². The Kier molecular flexibility index (Phi) is 5.60. The summed E-state index contributed by atoms with van der Waals surface area (Å²) in [4.78, 5) is 27.9. The van der Waals surface area contributed by atoms with Gasteiger partial charge in [0, 0.05) is 11.6 Å². The third kappa shape index (κ3) is 4.12. The van der Waals surface area contributed by atoms with E-state index in [1.54, 1.807) is 48.0 Å². The Bertz CT molecular complexity index is 1030. The molecule has 0 saturated carbocycles. The molecule has 0 bridgehead atoms. The highest BCUT2D eigenvalue weighted by molar-refractivity contribution is 6.30. The number of rotatable bonds is 6. The first-order chi connectivity index (χ1) is 13.4. The number of carbonyl (C=O) groups is 2. The molecule has 0 aliphatic carbocycles. The van der Waals surface area contributed by atoms with Crippen LogP contribution >= 0.6 is 11.6 Å². The molecular weight excluding hydrogens is 384 g/mol. The second kappa shape index (κ2) is 8.10. The maximum atomic E-state index is 12.4. The van der Waals surface area contributed by atoms with Gasteiger partial charge < -0.3 is 15.2 Å². The monoisotopic (exact) mass is 400 g/mol. The van der Waals surface area contributed by atoms with Gasteiger partial charge in [-0.2, -0.15) is 0 Å². The maximum absolute atomic E-state index is 12.4. The van der Waals surface area contributed by atoms with Crippen molar-refractivity contribution in [2.24, 2.45) is 0 Å². The Hall–Kier alpha value is -3.39. The molecule has 9 heteroatoms. The third-order valence-corrected chi connectivity index (χ3v) is 4.24. The zero-order valence-corrected chi connectivity index (χ0v) is 15.9. The number of halogens is 1. The predicted molar refractivity (Wildman–Crippen MR) is 102 cm³/mol. The van der Waals surface area contributed by atoms with E-state index in [0.717, 1.165) is 5.69 Å². The topological polar surface area (TPSA) is 106 Å². The van der Waals surface area contributed by atoms with Crippen molar-refractivity contribution < 1.29 is 19.4 Å². The molecule has 28 heavy (non-hydrogen) atoms. The van der Waals surface area contributed by atoms with E-state index >= 15 is 0 Å². The zero-order chi connectivity index (χ0) is 20.3. The Balaban J connectivity index is 1.74. The number of aryl methyl sites for hydroxylation is 1. The van der Waals surface area contributed by atoms with Crippen molar-refractivity contribution in [2.45, 2.75) is 13.5 Å². The van der Waals surface area contributed by atoms with Crippen molar-refractivity contribution in [2.75, 3.05) is 7.11 Å². The van der Waals surface area contributed by atoms with Crippen LogP contribution in [0.25, 0.3) is 5.69 Å². The van der Waals surface area contributed by atoms with Gasteiger partial charge in [-0.15, -0.1) is 5.10 Å². The highest BCUT2D eigenvalue weighted by atomic mass is 35.5. The van der Waals surface area contributed by atoms with Gasteiger partial charge in [0.25, 0.3) is 5.91 Å². The third-order valence-electron chi connectivity index (χ3n) is 3.99. The van der Waals surface area contributed by atoms with Crippen molar-refractivity contribution in [1.82, 2.24) is 20.1 Å². The SMILES string of the molecule is COc1ccc(CNC(=O)c2nc(C)n(-c3ccc(Cl)cc3)n2)cc1C(=O)O. The molecule has 1 heterocycles. The Morgan fingerprint density at radius 3 is 2.57 bits per heavy atom. The first kappa shape index (κ1) is 19.4. The van der Waals surface area contributed by atoms with Gasteiger partial charge in [-0.3, -0.25) is 4.79 Å². The molecule has 0 aliphatic rings. The van der Waals surface area contributed by atoms with Crippen LogP contribution in [0.3, 0.4) is 0 Å². The summed E-state index contributed by atoms with van der Waals surface area (Å²) in [7, 11) is 1.40. The Morgan fingerprint density at radius 2 is 1.93 bits per heavy atom. The second-order valence-corrected chi connectivity index (χ2v) is 6.33. The minimum Gasteiger partial charge on any atom is -0.496 e. The summed E-state index contributed by atoms with van der Waals surface area (Å²) >= 11 is 5.89. The van der Waals surface area contributed by atoms with Crippen molar-refractivity contribution in [3.05, 3.63) is 70.3 Å². The summed E-state index contributed by atoms with van der Waals surface area (Å²) in [5.41, 5.74) is 1.37. The smallest absolute Gasteiger partial charge is 0.339 e. The van der Waals surface area contributed by atoms with Gasteiger partial charge >= 0.3 is 5.97 Å². The quantitative estimate of drug-likeness (QED) is 0.659. The molecule has 1 aromatic heterocycles. The Labute approximate surface area is 165 Å². The van der Waals surface area contributed by atoms with Crippen molar-refractivity contribution >= 4 is 23.5 Å². The number of nitrogens with one attached hydrogen (secondary N) is 1. The van der Waals surface area contributed by atoms with Gasteiger partial charge in [0.15, 0.2) is 0 Å². The minimum atomic E-state index is -1.11. The fourth-order valence-electron chi connectivity index (χ4n) is 2.61. The minimum absolute atomic E-state index is 0.0134. The molecule has 0 unspecified atom stereocenters. The first-order valence-electron chi connectivity index (χ1n) is 8.27. The van der Waals surface area contributed by atoms with Gasteiger partial charge in [0.2, 0.25) is 5.82 Å². The first-order valence-corrected chi connectivity index (χ1v) is 8.65. The van der Waals surface area contributed by atoms with Crippen LogP contribution in [0.5, 0.6) is 5.75 Å². The molecule has 0 atom stereocenters. The lowest BCUT2D eigenvalue weighted by molar-refractivity contribution is 0.0693. The predicted octanol–water partition coefficient (Wildman–Crippen LogP) is 2.87. The highest BCUT2D eigenvalue weighted by Crippen LogP contribution is 2.20. The fourth-order valence-corrected chi connectivity index (χ4v) is 2.73. The van der Waals surface area contributed by atoms with Crippen molar-refractivity contribution in [3.63, 3.8) is 0 Å². The molecule has 8 nitrogen and oxygen atoms in total. The van der Waals surface area contributed by atoms with E-state index in [1.165, 1.54) is 13.2 Å². The number of hydrogen-bond donors (Lipinski definition) is 2. The molecule has 0 aliphatic heterocycles. The normalized spacial score (nSPS) is 10.5. The molecule has 144 valence electrons. The summed E-state index contributed by atoms with van der Waals surface area (Å²) < 4.78 is 6.57. The van der Waals surface area contributed by atoms with Crippen LogP contribution in [0.4, 0.5) is 0 Å². The standard InChI is InChI=1S/C19H17ClN4O4/c1-11-22-17(23-24(11)14-6-4-13(20)5-7-14)18(25)21-10-12-3-8-16(28-2)15(9-12)19(26)27/h3-9H,10H2,1-2H3,(H,21,25)(H,26,27). The summed E-state index contributed by atoms with van der Waals surface area (Å²) in [5.74, 6) is -0.765. The van der Waals surface area contributed by atoms with Gasteiger partial charge in [-0.1, -0.05) is 17.7 Å². The number of carbonyl (C=O) groups excluding carboxylic acids is 1. The van der Waals surface area contributed by atoms with Crippen molar-refractivity contribution in [3.8, 4) is 11.4 Å². The van der Waals surface area contributed by atoms with Crippen LogP contribution in [0.2, 0.25) is 5.02 Å². The number of hydrogen-bond acceptors (Lipinski definition) is 5. The number of aromatic carboxylic acids is 1. The molecular formula is C19H17ClN4O4. The molecule has 2 aromatic carbocycles. The van der Waals surface area contributed by atoms with Gasteiger partial charge in [-0.25, -0.2) is 14.5 Å². The van der Waals surface area contributed by atoms with E-state index in [-0.39, 0.29) is 23.7 Å². The molecule has 2 N–H and O–H groups in total. The average Bonchev–Trinajstić information content (AvgIpc) is 3.08. The summed E-state index contributed by atoms with van der Waals surface area (Å²) in [6.07, 6.45) is 0. The largest absolute Gasteiger partial charge is 0.496 e. The van der Waals surface area contributed by atoms with E-state index in [2.05, 4.69) is 15.4 Å². The highest BCUT2D eigenvalue weighted by Gasteiger charge is 2.16. The maximum Gasteiger partial charge on any atom is 0.339 e. The lowest BCUT2D eigenvalue weighted by Crippen LogP contribution is -2.24. The lowest BCUT2D eigenvalue weighted by Gasteiger charge is -2.08. The molecule has 1 amide bonds. The Morgan fingerprint density at radius 1 is 1.21 bits per heavy atom. The van der Waals surface area contributed by atoms with Crippen LogP contribution in [-0.2, 0) is 6.54 Å². The van der Waals surface area contributed by atoms with Gasteiger partial charge in [-0.05, 0) is 48.9 Å². The van der Waals surface area contributed by atoms with Crippen LogP contribution in [0.15, 0.2) is 42.5 Å². The summed E-state index contributed by atoms with van der Waals surface area (Å²) in [6, 6.07) is 11.7. The van der Waals surface area contributed by atoms with Crippen LogP contribution in [-0.4, -0.2) is 38.9 Å². The molecule has 3 aromatic rings. The number of methoxy groups -OCH3 is 1. The van der Waals surface area contributed by atoms with Gasteiger partial charge in [0.05, 0.1) is 12.8 Å². The number of nitrogens with zero attached hydrogens (tertiary/aromatic N) is 3. The van der Waals surface area contributed by atoms with Crippen LogP contribution in [0, 0.1) is 6.92 Å². The van der Waals surface area contributed by atoms with E-state index in [9.17, 15) is 14.7 Å². The average molecular weight is 401 g/mol. The van der Waals surface area contributed by atoms with E-state index in [1.807, 2.05) is 0 Å². The molecule has 0 spiro atoms. The lowest BCUT2D eigenvalue weighted by atomic mass is 10.1. The number of ether oxygens (including phenoxy) is 1. The van der Waals surface area contributed by atoms with Gasteiger partial charge in [0.1, 0.15) is 17.1 Å². The number of carboxylic acids is 1. The van der Waals surface area contributed by atoms with E-state index < -0.39 is 11.9 Å². The molecule has 0 fully saturated rings. The zero-order valence-electron chi connectivity index (χ0n) is 15.1. The van der Waals surface area contributed by atoms with E-state index in [0.29, 0.717) is 16.4 Å². The van der Waals surface area contributed by atoms with Crippen LogP contribution < -0.4 is 10.1 Å². The second-order valence-electron chi connectivity index (χ2n) is 5.89. The molecule has 0 saturated heterocycles. The molecule has 0 radical (unpaired) electrons. The number of aromatic nitrogens is 3. The van der Waals surface area contributed by atoms with Crippen molar-refractivity contribution in [1.29, 1.82) is 0 Å². The number of benzene rings is 2.